The molecule has 0 saturated carbocycles. The van der Waals surface area contributed by atoms with Crippen LogP contribution in [0.4, 0.5) is 0 Å². The van der Waals surface area contributed by atoms with E-state index >= 15 is 0 Å². The van der Waals surface area contributed by atoms with Crippen molar-refractivity contribution in [3.05, 3.63) is 108 Å². The first-order chi connectivity index (χ1) is 13.3. The van der Waals surface area contributed by atoms with E-state index in [1.807, 2.05) is 0 Å². The molecule has 0 radical (unpaired) electrons. The average molecular weight is 374 g/mol. The quantitative estimate of drug-likeness (QED) is 0.333. The highest BCUT2D eigenvalue weighted by Gasteiger charge is 2.41. The molecule has 136 valence electrons. The van der Waals surface area contributed by atoms with Gasteiger partial charge in [0.25, 0.3) is 0 Å². The molecular weight excluding hydrogens is 350 g/mol. The third-order valence-electron chi connectivity index (χ3n) is 5.20. The summed E-state index contributed by atoms with van der Waals surface area (Å²) in [6, 6.07) is 31.9. The molecule has 1 fully saturated rings. The lowest BCUT2D eigenvalue weighted by Crippen LogP contribution is -2.34. The van der Waals surface area contributed by atoms with Gasteiger partial charge in [0, 0.05) is 6.54 Å². The predicted octanol–water partition coefficient (Wildman–Crippen LogP) is 5.29. The van der Waals surface area contributed by atoms with Crippen molar-refractivity contribution in [2.24, 2.45) is 0 Å². The minimum Gasteiger partial charge on any atom is -0.302 e. The maximum Gasteiger partial charge on any atom is 0.138 e. The standard InChI is InChI=1S/C24H23NOS/c26-19-23-17-10-18-25(23)27-24(20-11-4-1-5-12-20,21-13-6-2-7-14-21)22-15-8-3-9-16-22/h1-9,11-16,19,23H,10,17-18H2. The normalized spacial score (nSPS) is 17.7. The van der Waals surface area contributed by atoms with E-state index in [0.717, 1.165) is 25.7 Å². The number of hydrogen-bond acceptors (Lipinski definition) is 3. The van der Waals surface area contributed by atoms with Gasteiger partial charge in [0.1, 0.15) is 11.0 Å². The monoisotopic (exact) mass is 373 g/mol. The van der Waals surface area contributed by atoms with Crippen LogP contribution >= 0.6 is 11.9 Å². The summed E-state index contributed by atoms with van der Waals surface area (Å²) in [5.74, 6) is 0. The van der Waals surface area contributed by atoms with Gasteiger partial charge >= 0.3 is 0 Å². The lowest BCUT2D eigenvalue weighted by molar-refractivity contribution is -0.110. The minimum absolute atomic E-state index is 0.0227. The first kappa shape index (κ1) is 18.0. The summed E-state index contributed by atoms with van der Waals surface area (Å²) in [6.45, 7) is 0.933. The highest BCUT2D eigenvalue weighted by molar-refractivity contribution is 7.98. The van der Waals surface area contributed by atoms with Crippen molar-refractivity contribution >= 4 is 18.2 Å². The number of benzene rings is 3. The van der Waals surface area contributed by atoms with E-state index in [-0.39, 0.29) is 6.04 Å². The average Bonchev–Trinajstić information content (AvgIpc) is 3.21. The van der Waals surface area contributed by atoms with Crippen molar-refractivity contribution in [2.45, 2.75) is 23.6 Å². The summed E-state index contributed by atoms with van der Waals surface area (Å²) in [5.41, 5.74) is 3.68. The molecule has 1 heterocycles. The fourth-order valence-electron chi connectivity index (χ4n) is 3.87. The van der Waals surface area contributed by atoms with Gasteiger partial charge in [-0.3, -0.25) is 0 Å². The van der Waals surface area contributed by atoms with Crippen LogP contribution in [0.1, 0.15) is 29.5 Å². The van der Waals surface area contributed by atoms with Crippen molar-refractivity contribution in [1.29, 1.82) is 0 Å². The zero-order chi connectivity index (χ0) is 18.5. The zero-order valence-electron chi connectivity index (χ0n) is 15.2. The molecule has 0 aliphatic carbocycles. The van der Waals surface area contributed by atoms with Gasteiger partial charge in [-0.2, -0.15) is 0 Å². The van der Waals surface area contributed by atoms with E-state index in [0.29, 0.717) is 0 Å². The number of aldehydes is 1. The van der Waals surface area contributed by atoms with Crippen LogP contribution in [0.5, 0.6) is 0 Å². The van der Waals surface area contributed by atoms with E-state index in [1.54, 1.807) is 11.9 Å². The Kier molecular flexibility index (Phi) is 5.42. The second-order valence-electron chi connectivity index (χ2n) is 6.86. The summed E-state index contributed by atoms with van der Waals surface area (Å²) in [4.78, 5) is 11.7. The Morgan fingerprint density at radius 2 is 1.22 bits per heavy atom. The molecular formula is C24H23NOS. The summed E-state index contributed by atoms with van der Waals surface area (Å²) in [6.07, 6.45) is 3.10. The number of carbonyl (C=O) groups is 1. The number of rotatable bonds is 6. The fraction of sp³-hybridized carbons (Fsp3) is 0.208. The largest absolute Gasteiger partial charge is 0.302 e. The zero-order valence-corrected chi connectivity index (χ0v) is 16.0. The Morgan fingerprint density at radius 1 is 0.778 bits per heavy atom. The van der Waals surface area contributed by atoms with Crippen LogP contribution in [0.3, 0.4) is 0 Å². The number of carbonyl (C=O) groups excluding carboxylic acids is 1. The second kappa shape index (κ2) is 8.12. The van der Waals surface area contributed by atoms with Crippen LogP contribution in [0.2, 0.25) is 0 Å². The molecule has 0 spiro atoms. The smallest absolute Gasteiger partial charge is 0.138 e. The van der Waals surface area contributed by atoms with Gasteiger partial charge in [-0.15, -0.1) is 0 Å². The van der Waals surface area contributed by atoms with Crippen LogP contribution in [-0.4, -0.2) is 23.2 Å². The third kappa shape index (κ3) is 3.45. The summed E-state index contributed by atoms with van der Waals surface area (Å²) >= 11 is 1.79. The van der Waals surface area contributed by atoms with Crippen molar-refractivity contribution < 1.29 is 4.79 Å². The van der Waals surface area contributed by atoms with Crippen molar-refractivity contribution in [2.75, 3.05) is 6.54 Å². The first-order valence-electron chi connectivity index (χ1n) is 9.42. The maximum absolute atomic E-state index is 11.7. The Balaban J connectivity index is 1.93. The Labute approximate surface area is 165 Å². The van der Waals surface area contributed by atoms with E-state index in [2.05, 4.69) is 95.3 Å². The molecule has 1 saturated heterocycles. The molecule has 1 aliphatic heterocycles. The van der Waals surface area contributed by atoms with E-state index in [9.17, 15) is 4.79 Å². The molecule has 27 heavy (non-hydrogen) atoms. The molecule has 3 heteroatoms. The highest BCUT2D eigenvalue weighted by atomic mass is 32.2. The molecule has 1 atom stereocenters. The minimum atomic E-state index is -0.393. The maximum atomic E-state index is 11.7. The highest BCUT2D eigenvalue weighted by Crippen LogP contribution is 2.51. The van der Waals surface area contributed by atoms with Gasteiger partial charge in [-0.1, -0.05) is 103 Å². The van der Waals surface area contributed by atoms with E-state index < -0.39 is 4.75 Å². The molecule has 2 nitrogen and oxygen atoms in total. The first-order valence-corrected chi connectivity index (χ1v) is 10.2. The molecule has 3 aromatic carbocycles. The van der Waals surface area contributed by atoms with Crippen molar-refractivity contribution in [3.8, 4) is 0 Å². The Bertz CT molecular complexity index is 770. The molecule has 1 unspecified atom stereocenters. The Morgan fingerprint density at radius 3 is 1.63 bits per heavy atom. The van der Waals surface area contributed by atoms with Gasteiger partial charge in [0.05, 0.1) is 6.04 Å². The van der Waals surface area contributed by atoms with Crippen LogP contribution in [0.25, 0.3) is 0 Å². The third-order valence-corrected chi connectivity index (χ3v) is 6.87. The van der Waals surface area contributed by atoms with Gasteiger partial charge in [-0.25, -0.2) is 4.31 Å². The fourth-order valence-corrected chi connectivity index (χ4v) is 5.46. The van der Waals surface area contributed by atoms with Crippen LogP contribution < -0.4 is 0 Å². The van der Waals surface area contributed by atoms with Gasteiger partial charge in [-0.05, 0) is 29.5 Å². The lowest BCUT2D eigenvalue weighted by Gasteiger charge is -2.39. The molecule has 1 aliphatic rings. The summed E-state index contributed by atoms with van der Waals surface area (Å²) < 4.78 is 1.88. The molecule has 3 aromatic rings. The second-order valence-corrected chi connectivity index (χ2v) is 8.12. The molecule has 0 N–H and O–H groups in total. The van der Waals surface area contributed by atoms with Gasteiger partial charge < -0.3 is 4.79 Å². The van der Waals surface area contributed by atoms with Crippen LogP contribution in [-0.2, 0) is 9.54 Å². The molecule has 4 rings (SSSR count). The van der Waals surface area contributed by atoms with Gasteiger partial charge in [0.2, 0.25) is 0 Å². The van der Waals surface area contributed by atoms with Crippen LogP contribution in [0, 0.1) is 0 Å². The van der Waals surface area contributed by atoms with E-state index in [1.165, 1.54) is 16.7 Å². The number of hydrogen-bond donors (Lipinski definition) is 0. The van der Waals surface area contributed by atoms with Crippen molar-refractivity contribution in [3.63, 3.8) is 0 Å². The molecule has 0 aromatic heterocycles. The molecule has 0 amide bonds. The molecule has 0 bridgehead atoms. The lowest BCUT2D eigenvalue weighted by atomic mass is 9.84. The van der Waals surface area contributed by atoms with Crippen LogP contribution in [0.15, 0.2) is 91.0 Å². The van der Waals surface area contributed by atoms with Gasteiger partial charge in [0.15, 0.2) is 0 Å². The SMILES string of the molecule is O=CC1CCCN1SC(c1ccccc1)(c1ccccc1)c1ccccc1. The van der Waals surface area contributed by atoms with E-state index in [4.69, 9.17) is 0 Å². The summed E-state index contributed by atoms with van der Waals surface area (Å²) in [5, 5.41) is 0. The topological polar surface area (TPSA) is 20.3 Å². The Hall–Kier alpha value is -2.36. The predicted molar refractivity (Wildman–Crippen MR) is 113 cm³/mol. The summed E-state index contributed by atoms with van der Waals surface area (Å²) in [7, 11) is 0. The number of nitrogens with zero attached hydrogens (tertiary/aromatic N) is 1. The van der Waals surface area contributed by atoms with Crippen molar-refractivity contribution in [1.82, 2.24) is 4.31 Å².